The van der Waals surface area contributed by atoms with E-state index in [-0.39, 0.29) is 0 Å². The summed E-state index contributed by atoms with van der Waals surface area (Å²) in [4.78, 5) is 2.30. The summed E-state index contributed by atoms with van der Waals surface area (Å²) in [7, 11) is 4.36. The van der Waals surface area contributed by atoms with E-state index in [1.165, 1.54) is 154 Å². The third kappa shape index (κ3) is 26.0. The van der Waals surface area contributed by atoms with E-state index in [0.29, 0.717) is 0 Å². The predicted molar refractivity (Wildman–Crippen MR) is 130 cm³/mol. The fourth-order valence-electron chi connectivity index (χ4n) is 4.21. The molecule has 0 aliphatic rings. The topological polar surface area (TPSA) is 3.24 Å². The van der Waals surface area contributed by atoms with Crippen molar-refractivity contribution < 1.29 is 0 Å². The molecule has 0 amide bonds. The zero-order chi connectivity index (χ0) is 20.5. The molecule has 0 aliphatic carbocycles. The highest BCUT2D eigenvalue weighted by atomic mass is 15.0. The van der Waals surface area contributed by atoms with Crippen LogP contribution in [-0.4, -0.2) is 25.5 Å². The summed E-state index contributed by atoms with van der Waals surface area (Å²) in [6.07, 6.45) is 33.8. The van der Waals surface area contributed by atoms with Gasteiger partial charge in [0.1, 0.15) is 0 Å². The molecule has 1 heteroatoms. The van der Waals surface area contributed by atoms with E-state index in [9.17, 15) is 0 Å². The maximum atomic E-state index is 2.30. The quantitative estimate of drug-likeness (QED) is 0.147. The Balaban J connectivity index is 2.98. The van der Waals surface area contributed by atoms with Gasteiger partial charge in [-0.15, -0.1) is 0 Å². The van der Waals surface area contributed by atoms with Gasteiger partial charge >= 0.3 is 0 Å². The Morgan fingerprint density at radius 2 is 0.536 bits per heavy atom. The predicted octanol–water partition coefficient (Wildman–Crippen LogP) is 9.54. The Morgan fingerprint density at radius 3 is 0.750 bits per heavy atom. The fourth-order valence-corrected chi connectivity index (χ4v) is 4.21. The summed E-state index contributed by atoms with van der Waals surface area (Å²) in [5.41, 5.74) is 0. The van der Waals surface area contributed by atoms with Gasteiger partial charge in [0.25, 0.3) is 0 Å². The van der Waals surface area contributed by atoms with E-state index in [1.807, 2.05) is 0 Å². The van der Waals surface area contributed by atoms with Crippen molar-refractivity contribution in [3.63, 3.8) is 0 Å². The molecule has 0 bridgehead atoms. The van der Waals surface area contributed by atoms with E-state index in [2.05, 4.69) is 25.9 Å². The molecular weight excluding hydrogens is 338 g/mol. The molecule has 0 aromatic rings. The molecule has 0 N–H and O–H groups in total. The van der Waals surface area contributed by atoms with Crippen molar-refractivity contribution in [2.75, 3.05) is 20.6 Å². The summed E-state index contributed by atoms with van der Waals surface area (Å²) < 4.78 is 0. The molecule has 0 unspecified atom stereocenters. The Hall–Kier alpha value is -0.0400. The largest absolute Gasteiger partial charge is 0.309 e. The monoisotopic (exact) mass is 395 g/mol. The molecule has 0 atom stereocenters. The Morgan fingerprint density at radius 1 is 0.321 bits per heavy atom. The Bertz CT molecular complexity index is 261. The highest BCUT2D eigenvalue weighted by molar-refractivity contribution is 4.52. The maximum Gasteiger partial charge on any atom is -0.00248 e. The third-order valence-electron chi connectivity index (χ3n) is 6.21. The standard InChI is InChI=1S/C27H57N/c1-4-5-6-7-8-9-10-11-12-13-14-15-16-17-18-19-20-21-22-23-24-25-26-27-28(2)3/h4-27H2,1-3H3. The van der Waals surface area contributed by atoms with Crippen LogP contribution in [0, 0.1) is 0 Å². The number of rotatable bonds is 24. The van der Waals surface area contributed by atoms with E-state index in [0.717, 1.165) is 0 Å². The second kappa shape index (κ2) is 25.0. The molecule has 0 saturated heterocycles. The van der Waals surface area contributed by atoms with Crippen molar-refractivity contribution in [2.45, 2.75) is 155 Å². The Labute approximate surface area is 180 Å². The SMILES string of the molecule is CCCCCCCCCCCCCCCCCCCCCCCCCN(C)C. The summed E-state index contributed by atoms with van der Waals surface area (Å²) in [5, 5.41) is 0. The zero-order valence-corrected chi connectivity index (χ0v) is 20.4. The van der Waals surface area contributed by atoms with Crippen molar-refractivity contribution in [3.05, 3.63) is 0 Å². The van der Waals surface area contributed by atoms with Crippen LogP contribution in [0.1, 0.15) is 155 Å². The molecule has 0 aliphatic heterocycles. The average Bonchev–Trinajstić information content (AvgIpc) is 2.68. The van der Waals surface area contributed by atoms with Crippen LogP contribution in [-0.2, 0) is 0 Å². The molecule has 0 aromatic carbocycles. The van der Waals surface area contributed by atoms with E-state index < -0.39 is 0 Å². The number of nitrogens with zero attached hydrogens (tertiary/aromatic N) is 1. The smallest absolute Gasteiger partial charge is 0.00248 e. The molecule has 0 heterocycles. The van der Waals surface area contributed by atoms with Gasteiger partial charge in [0.05, 0.1) is 0 Å². The summed E-state index contributed by atoms with van der Waals surface area (Å²) in [6.45, 7) is 3.57. The average molecular weight is 396 g/mol. The van der Waals surface area contributed by atoms with Crippen LogP contribution in [0.2, 0.25) is 0 Å². The molecule has 170 valence electrons. The first kappa shape index (κ1) is 28.0. The normalized spacial score (nSPS) is 11.6. The van der Waals surface area contributed by atoms with E-state index in [1.54, 1.807) is 0 Å². The van der Waals surface area contributed by atoms with Gasteiger partial charge in [-0.1, -0.05) is 148 Å². The van der Waals surface area contributed by atoms with Gasteiger partial charge in [-0.05, 0) is 27.1 Å². The number of unbranched alkanes of at least 4 members (excludes halogenated alkanes) is 22. The van der Waals surface area contributed by atoms with Crippen LogP contribution >= 0.6 is 0 Å². The van der Waals surface area contributed by atoms with Gasteiger partial charge in [-0.2, -0.15) is 0 Å². The minimum atomic E-state index is 1.26. The first-order valence-electron chi connectivity index (χ1n) is 13.4. The summed E-state index contributed by atoms with van der Waals surface area (Å²) in [5.74, 6) is 0. The van der Waals surface area contributed by atoms with Gasteiger partial charge in [0, 0.05) is 0 Å². The first-order valence-corrected chi connectivity index (χ1v) is 13.4. The molecule has 1 nitrogen and oxygen atoms in total. The lowest BCUT2D eigenvalue weighted by atomic mass is 10.0. The third-order valence-corrected chi connectivity index (χ3v) is 6.21. The molecule has 0 spiro atoms. The van der Waals surface area contributed by atoms with Crippen molar-refractivity contribution >= 4 is 0 Å². The molecule has 0 fully saturated rings. The lowest BCUT2D eigenvalue weighted by Crippen LogP contribution is -2.12. The van der Waals surface area contributed by atoms with Crippen LogP contribution in [0.5, 0.6) is 0 Å². The molecule has 28 heavy (non-hydrogen) atoms. The van der Waals surface area contributed by atoms with Gasteiger partial charge in [0.2, 0.25) is 0 Å². The van der Waals surface area contributed by atoms with E-state index >= 15 is 0 Å². The lowest BCUT2D eigenvalue weighted by molar-refractivity contribution is 0.389. The van der Waals surface area contributed by atoms with Crippen molar-refractivity contribution in [1.82, 2.24) is 4.90 Å². The minimum absolute atomic E-state index is 1.26. The highest BCUT2D eigenvalue weighted by Crippen LogP contribution is 2.15. The van der Waals surface area contributed by atoms with Crippen LogP contribution in [0.25, 0.3) is 0 Å². The van der Waals surface area contributed by atoms with Gasteiger partial charge in [-0.3, -0.25) is 0 Å². The fraction of sp³-hybridized carbons (Fsp3) is 1.00. The second-order valence-corrected chi connectivity index (χ2v) is 9.58. The zero-order valence-electron chi connectivity index (χ0n) is 20.4. The van der Waals surface area contributed by atoms with Crippen molar-refractivity contribution in [1.29, 1.82) is 0 Å². The number of hydrogen-bond donors (Lipinski definition) is 0. The number of hydrogen-bond acceptors (Lipinski definition) is 1. The summed E-state index contributed by atoms with van der Waals surface area (Å²) >= 11 is 0. The second-order valence-electron chi connectivity index (χ2n) is 9.58. The van der Waals surface area contributed by atoms with Crippen LogP contribution < -0.4 is 0 Å². The van der Waals surface area contributed by atoms with Crippen LogP contribution in [0.4, 0.5) is 0 Å². The van der Waals surface area contributed by atoms with Crippen LogP contribution in [0.15, 0.2) is 0 Å². The molecule has 0 radical (unpaired) electrons. The van der Waals surface area contributed by atoms with Gasteiger partial charge < -0.3 is 4.90 Å². The lowest BCUT2D eigenvalue weighted by Gasteiger charge is -2.08. The molecule has 0 aromatic heterocycles. The molecule has 0 rings (SSSR count). The van der Waals surface area contributed by atoms with Gasteiger partial charge in [0.15, 0.2) is 0 Å². The minimum Gasteiger partial charge on any atom is -0.309 e. The highest BCUT2D eigenvalue weighted by Gasteiger charge is 1.96. The summed E-state index contributed by atoms with van der Waals surface area (Å²) in [6, 6.07) is 0. The van der Waals surface area contributed by atoms with Gasteiger partial charge in [-0.25, -0.2) is 0 Å². The first-order chi connectivity index (χ1) is 13.8. The van der Waals surface area contributed by atoms with Crippen molar-refractivity contribution in [3.8, 4) is 0 Å². The maximum absolute atomic E-state index is 2.30. The van der Waals surface area contributed by atoms with Crippen molar-refractivity contribution in [2.24, 2.45) is 0 Å². The Kier molecular flexibility index (Phi) is 25.0. The van der Waals surface area contributed by atoms with Crippen LogP contribution in [0.3, 0.4) is 0 Å². The molecular formula is C27H57N. The van der Waals surface area contributed by atoms with E-state index in [4.69, 9.17) is 0 Å². The molecule has 0 saturated carbocycles.